The van der Waals surface area contributed by atoms with E-state index in [-0.39, 0.29) is 6.16 Å². The molecule has 0 saturated heterocycles. The normalized spacial score (nSPS) is 17.9. The molecule has 0 aromatic rings. The van der Waals surface area contributed by atoms with Gasteiger partial charge in [0.1, 0.15) is 6.10 Å². The standard InChI is InChI=1S/C10H17O3P/c1-6-9(10(4,5)7-2)13-14(11,12)8-3/h2,6,9H,1,8H2,3-5H3,(H,11,12). The molecule has 0 amide bonds. The molecular weight excluding hydrogens is 199 g/mol. The van der Waals surface area contributed by atoms with Crippen LogP contribution in [0.3, 0.4) is 0 Å². The van der Waals surface area contributed by atoms with E-state index in [1.54, 1.807) is 20.8 Å². The van der Waals surface area contributed by atoms with Crippen LogP contribution < -0.4 is 0 Å². The second-order valence-corrected chi connectivity index (χ2v) is 5.70. The summed E-state index contributed by atoms with van der Waals surface area (Å²) in [7, 11) is -3.52. The molecule has 0 radical (unpaired) electrons. The molecule has 0 aliphatic heterocycles. The van der Waals surface area contributed by atoms with E-state index < -0.39 is 19.1 Å². The van der Waals surface area contributed by atoms with Gasteiger partial charge in [0.15, 0.2) is 0 Å². The molecule has 0 aromatic carbocycles. The predicted molar refractivity (Wildman–Crippen MR) is 58.1 cm³/mol. The Balaban J connectivity index is 4.72. The zero-order valence-corrected chi connectivity index (χ0v) is 9.75. The molecule has 0 heterocycles. The van der Waals surface area contributed by atoms with Gasteiger partial charge in [0, 0.05) is 6.16 Å². The Morgan fingerprint density at radius 3 is 2.57 bits per heavy atom. The maximum absolute atomic E-state index is 11.3. The first-order valence-corrected chi connectivity index (χ1v) is 6.16. The summed E-state index contributed by atoms with van der Waals surface area (Å²) < 4.78 is 16.4. The fourth-order valence-corrected chi connectivity index (χ4v) is 1.66. The average molecular weight is 216 g/mol. The first-order chi connectivity index (χ1) is 6.29. The van der Waals surface area contributed by atoms with Crippen LogP contribution in [-0.2, 0) is 9.09 Å². The topological polar surface area (TPSA) is 46.5 Å². The maximum atomic E-state index is 11.3. The van der Waals surface area contributed by atoms with Gasteiger partial charge in [-0.15, -0.1) is 13.0 Å². The van der Waals surface area contributed by atoms with Gasteiger partial charge in [0.05, 0.1) is 5.41 Å². The van der Waals surface area contributed by atoms with Crippen molar-refractivity contribution in [1.82, 2.24) is 0 Å². The van der Waals surface area contributed by atoms with E-state index in [0.717, 1.165) is 0 Å². The Labute approximate surface area is 85.7 Å². The van der Waals surface area contributed by atoms with E-state index >= 15 is 0 Å². The zero-order valence-electron chi connectivity index (χ0n) is 8.86. The van der Waals surface area contributed by atoms with Gasteiger partial charge in [0.25, 0.3) is 0 Å². The Morgan fingerprint density at radius 1 is 1.79 bits per heavy atom. The highest BCUT2D eigenvalue weighted by atomic mass is 31.2. The van der Waals surface area contributed by atoms with Gasteiger partial charge in [-0.25, -0.2) is 0 Å². The highest BCUT2D eigenvalue weighted by Crippen LogP contribution is 2.45. The quantitative estimate of drug-likeness (QED) is 0.436. The van der Waals surface area contributed by atoms with Crippen LogP contribution in [0.25, 0.3) is 0 Å². The van der Waals surface area contributed by atoms with Gasteiger partial charge >= 0.3 is 7.60 Å². The summed E-state index contributed by atoms with van der Waals surface area (Å²) in [5.41, 5.74) is -0.630. The lowest BCUT2D eigenvalue weighted by molar-refractivity contribution is 0.138. The maximum Gasteiger partial charge on any atom is 0.328 e. The lowest BCUT2D eigenvalue weighted by atomic mass is 9.88. The highest BCUT2D eigenvalue weighted by molar-refractivity contribution is 7.52. The summed E-state index contributed by atoms with van der Waals surface area (Å²) in [6.07, 6.45) is 6.21. The molecule has 0 saturated carbocycles. The molecule has 0 aromatic heterocycles. The van der Waals surface area contributed by atoms with Crippen molar-refractivity contribution in [3.05, 3.63) is 12.7 Å². The van der Waals surface area contributed by atoms with Crippen LogP contribution in [0, 0.1) is 17.8 Å². The molecule has 14 heavy (non-hydrogen) atoms. The largest absolute Gasteiger partial charge is 0.328 e. The Kier molecular flexibility index (Phi) is 4.61. The number of hydrogen-bond donors (Lipinski definition) is 1. The van der Waals surface area contributed by atoms with Crippen LogP contribution in [0.15, 0.2) is 12.7 Å². The second kappa shape index (κ2) is 4.79. The molecule has 3 nitrogen and oxygen atoms in total. The van der Waals surface area contributed by atoms with Crippen LogP contribution in [0.4, 0.5) is 0 Å². The average Bonchev–Trinajstić information content (AvgIpc) is 2.14. The summed E-state index contributed by atoms with van der Waals surface area (Å²) in [6.45, 7) is 8.65. The number of rotatable bonds is 5. The number of terminal acetylenes is 1. The number of hydrogen-bond acceptors (Lipinski definition) is 2. The van der Waals surface area contributed by atoms with Crippen LogP contribution in [-0.4, -0.2) is 17.2 Å². The SMILES string of the molecule is C#CC(C)(C)C(C=C)OP(=O)(O)CC. The first kappa shape index (κ1) is 13.4. The van der Waals surface area contributed by atoms with E-state index in [1.807, 2.05) is 0 Å². The molecule has 0 rings (SSSR count). The van der Waals surface area contributed by atoms with Crippen molar-refractivity contribution in [2.45, 2.75) is 26.9 Å². The molecular formula is C10H17O3P. The van der Waals surface area contributed by atoms with Crippen molar-refractivity contribution in [2.75, 3.05) is 6.16 Å². The monoisotopic (exact) mass is 216 g/mol. The molecule has 2 atom stereocenters. The van der Waals surface area contributed by atoms with Gasteiger partial charge < -0.3 is 4.89 Å². The van der Waals surface area contributed by atoms with Crippen molar-refractivity contribution >= 4 is 7.60 Å². The van der Waals surface area contributed by atoms with Gasteiger partial charge in [-0.2, -0.15) is 0 Å². The Bertz CT molecular complexity index is 288. The Morgan fingerprint density at radius 2 is 2.29 bits per heavy atom. The molecule has 1 N–H and O–H groups in total. The van der Waals surface area contributed by atoms with Crippen molar-refractivity contribution in [2.24, 2.45) is 5.41 Å². The summed E-state index contributed by atoms with van der Waals surface area (Å²) >= 11 is 0. The lowest BCUT2D eigenvalue weighted by Crippen LogP contribution is -2.28. The van der Waals surface area contributed by atoms with Gasteiger partial charge in [0.2, 0.25) is 0 Å². The molecule has 4 heteroatoms. The molecule has 0 aliphatic rings. The van der Waals surface area contributed by atoms with Crippen LogP contribution in [0.5, 0.6) is 0 Å². The lowest BCUT2D eigenvalue weighted by Gasteiger charge is -2.28. The molecule has 0 spiro atoms. The van der Waals surface area contributed by atoms with Crippen LogP contribution in [0.2, 0.25) is 0 Å². The van der Waals surface area contributed by atoms with Crippen LogP contribution in [0.1, 0.15) is 20.8 Å². The van der Waals surface area contributed by atoms with Crippen molar-refractivity contribution < 1.29 is 14.0 Å². The second-order valence-electron chi connectivity index (χ2n) is 3.58. The smallest absolute Gasteiger partial charge is 0.324 e. The minimum absolute atomic E-state index is 0.0675. The summed E-state index contributed by atoms with van der Waals surface area (Å²) in [6, 6.07) is 0. The molecule has 0 aliphatic carbocycles. The third kappa shape index (κ3) is 3.67. The van der Waals surface area contributed by atoms with Crippen molar-refractivity contribution in [3.8, 4) is 12.3 Å². The fourth-order valence-electron chi connectivity index (χ4n) is 0.804. The summed E-state index contributed by atoms with van der Waals surface area (Å²) in [5, 5.41) is 0. The third-order valence-corrected chi connectivity index (χ3v) is 3.33. The zero-order chi connectivity index (χ0) is 11.4. The minimum Gasteiger partial charge on any atom is -0.324 e. The molecule has 80 valence electrons. The molecule has 0 bridgehead atoms. The minimum atomic E-state index is -3.52. The summed E-state index contributed by atoms with van der Waals surface area (Å²) in [4.78, 5) is 9.30. The van der Waals surface area contributed by atoms with Gasteiger partial charge in [-0.1, -0.05) is 18.9 Å². The summed E-state index contributed by atoms with van der Waals surface area (Å²) in [5.74, 6) is 2.51. The van der Waals surface area contributed by atoms with Gasteiger partial charge in [-0.05, 0) is 13.8 Å². The van der Waals surface area contributed by atoms with Crippen LogP contribution >= 0.6 is 7.60 Å². The van der Waals surface area contributed by atoms with Crippen molar-refractivity contribution in [1.29, 1.82) is 0 Å². The molecule has 0 fully saturated rings. The van der Waals surface area contributed by atoms with E-state index in [0.29, 0.717) is 0 Å². The van der Waals surface area contributed by atoms with E-state index in [1.165, 1.54) is 6.08 Å². The fraction of sp³-hybridized carbons (Fsp3) is 0.600. The predicted octanol–water partition coefficient (Wildman–Crippen LogP) is 2.42. The Hall–Kier alpha value is -0.550. The van der Waals surface area contributed by atoms with E-state index in [2.05, 4.69) is 12.5 Å². The van der Waals surface area contributed by atoms with Gasteiger partial charge in [-0.3, -0.25) is 9.09 Å². The highest BCUT2D eigenvalue weighted by Gasteiger charge is 2.31. The van der Waals surface area contributed by atoms with E-state index in [4.69, 9.17) is 10.9 Å². The van der Waals surface area contributed by atoms with E-state index in [9.17, 15) is 9.46 Å². The van der Waals surface area contributed by atoms with Crippen molar-refractivity contribution in [3.63, 3.8) is 0 Å². The third-order valence-electron chi connectivity index (χ3n) is 1.98. The first-order valence-electron chi connectivity index (χ1n) is 4.39. The molecule has 2 unspecified atom stereocenters.